The van der Waals surface area contributed by atoms with E-state index in [4.69, 9.17) is 4.42 Å². The van der Waals surface area contributed by atoms with Crippen LogP contribution >= 0.6 is 11.5 Å². The summed E-state index contributed by atoms with van der Waals surface area (Å²) < 4.78 is 9.38. The van der Waals surface area contributed by atoms with E-state index in [1.165, 1.54) is 16.4 Å². The van der Waals surface area contributed by atoms with E-state index in [1.807, 2.05) is 25.1 Å². The molecule has 0 unspecified atom stereocenters. The van der Waals surface area contributed by atoms with Crippen LogP contribution in [-0.4, -0.2) is 4.37 Å². The molecule has 0 fully saturated rings. The second kappa shape index (κ2) is 2.51. The topological polar surface area (TPSA) is 26.0 Å². The molecule has 0 aliphatic heterocycles. The van der Waals surface area contributed by atoms with Crippen molar-refractivity contribution in [3.63, 3.8) is 0 Å². The minimum Gasteiger partial charge on any atom is -0.463 e. The molecule has 56 valence electrons. The molecule has 0 aliphatic carbocycles. The third-order valence-electron chi connectivity index (χ3n) is 1.40. The number of hydrogen-bond acceptors (Lipinski definition) is 3. The zero-order valence-corrected chi connectivity index (χ0v) is 6.89. The smallest absolute Gasteiger partial charge is 0.153 e. The summed E-state index contributed by atoms with van der Waals surface area (Å²) in [6.07, 6.45) is 1.66. The van der Waals surface area contributed by atoms with Gasteiger partial charge in [-0.25, -0.2) is 0 Å². The predicted molar refractivity (Wildman–Crippen MR) is 44.6 cm³/mol. The highest BCUT2D eigenvalue weighted by Crippen LogP contribution is 2.21. The van der Waals surface area contributed by atoms with Crippen molar-refractivity contribution in [3.8, 4) is 11.5 Å². The Kier molecular flexibility index (Phi) is 1.51. The lowest BCUT2D eigenvalue weighted by Gasteiger charge is -1.84. The van der Waals surface area contributed by atoms with Gasteiger partial charge in [0.1, 0.15) is 5.69 Å². The van der Waals surface area contributed by atoms with E-state index >= 15 is 0 Å². The lowest BCUT2D eigenvalue weighted by atomic mass is 10.3. The van der Waals surface area contributed by atoms with Crippen LogP contribution in [0.25, 0.3) is 11.5 Å². The molecule has 0 aliphatic rings. The average Bonchev–Trinajstić information content (AvgIpc) is 2.55. The SMILES string of the molecule is Cc1cc(-c2ccco2)ns1. The van der Waals surface area contributed by atoms with Crippen LogP contribution in [0, 0.1) is 6.92 Å². The first-order chi connectivity index (χ1) is 5.36. The summed E-state index contributed by atoms with van der Waals surface area (Å²) in [7, 11) is 0. The van der Waals surface area contributed by atoms with Crippen molar-refractivity contribution in [2.75, 3.05) is 0 Å². The van der Waals surface area contributed by atoms with Gasteiger partial charge in [-0.05, 0) is 36.7 Å². The first-order valence-corrected chi connectivity index (χ1v) is 4.11. The normalized spacial score (nSPS) is 10.3. The number of hydrogen-bond donors (Lipinski definition) is 0. The van der Waals surface area contributed by atoms with Gasteiger partial charge in [0.2, 0.25) is 0 Å². The highest BCUT2D eigenvalue weighted by Gasteiger charge is 2.02. The van der Waals surface area contributed by atoms with E-state index in [0.717, 1.165) is 11.5 Å². The van der Waals surface area contributed by atoms with Crippen molar-refractivity contribution >= 4 is 11.5 Å². The molecular formula is C8H7NOS. The van der Waals surface area contributed by atoms with Crippen LogP contribution in [0.2, 0.25) is 0 Å². The summed E-state index contributed by atoms with van der Waals surface area (Å²) in [5.74, 6) is 0.842. The van der Waals surface area contributed by atoms with Crippen molar-refractivity contribution < 1.29 is 4.42 Å². The van der Waals surface area contributed by atoms with Crippen LogP contribution in [0.3, 0.4) is 0 Å². The molecule has 2 rings (SSSR count). The van der Waals surface area contributed by atoms with Gasteiger partial charge in [0.05, 0.1) is 6.26 Å². The monoisotopic (exact) mass is 165 g/mol. The molecule has 0 radical (unpaired) electrons. The summed E-state index contributed by atoms with van der Waals surface area (Å²) in [5.41, 5.74) is 0.928. The molecule has 0 N–H and O–H groups in total. The Hall–Kier alpha value is -1.09. The fraction of sp³-hybridized carbons (Fsp3) is 0.125. The summed E-state index contributed by atoms with van der Waals surface area (Å²) >= 11 is 1.49. The second-order valence-electron chi connectivity index (χ2n) is 2.30. The molecule has 0 saturated heterocycles. The zero-order chi connectivity index (χ0) is 7.68. The molecule has 2 nitrogen and oxygen atoms in total. The molecule has 11 heavy (non-hydrogen) atoms. The molecule has 0 bridgehead atoms. The van der Waals surface area contributed by atoms with Crippen molar-refractivity contribution in [2.45, 2.75) is 6.92 Å². The summed E-state index contributed by atoms with van der Waals surface area (Å²) in [6.45, 7) is 2.03. The van der Waals surface area contributed by atoms with Crippen LogP contribution < -0.4 is 0 Å². The zero-order valence-electron chi connectivity index (χ0n) is 6.07. The van der Waals surface area contributed by atoms with Gasteiger partial charge < -0.3 is 4.42 Å². The minimum absolute atomic E-state index is 0.842. The molecule has 2 aromatic heterocycles. The lowest BCUT2D eigenvalue weighted by Crippen LogP contribution is -1.67. The Morgan fingerprint density at radius 1 is 1.55 bits per heavy atom. The van der Waals surface area contributed by atoms with Gasteiger partial charge in [-0.1, -0.05) is 0 Å². The van der Waals surface area contributed by atoms with Crippen LogP contribution in [0.1, 0.15) is 4.88 Å². The Bertz CT molecular complexity index is 337. The van der Waals surface area contributed by atoms with Gasteiger partial charge in [0, 0.05) is 4.88 Å². The third-order valence-corrected chi connectivity index (χ3v) is 2.10. The maximum Gasteiger partial charge on any atom is 0.153 e. The summed E-state index contributed by atoms with van der Waals surface area (Å²) in [6, 6.07) is 5.79. The number of rotatable bonds is 1. The molecule has 0 spiro atoms. The van der Waals surface area contributed by atoms with E-state index in [-0.39, 0.29) is 0 Å². The van der Waals surface area contributed by atoms with E-state index in [9.17, 15) is 0 Å². The highest BCUT2D eigenvalue weighted by atomic mass is 32.1. The van der Waals surface area contributed by atoms with Gasteiger partial charge in [-0.3, -0.25) is 0 Å². The number of aryl methyl sites for hydroxylation is 1. The first kappa shape index (κ1) is 6.61. The quantitative estimate of drug-likeness (QED) is 0.649. The maximum atomic E-state index is 5.18. The van der Waals surface area contributed by atoms with E-state index in [1.54, 1.807) is 6.26 Å². The first-order valence-electron chi connectivity index (χ1n) is 3.33. The Labute approximate surface area is 68.6 Å². The summed E-state index contributed by atoms with van der Waals surface area (Å²) in [4.78, 5) is 1.20. The molecule has 0 saturated carbocycles. The molecule has 3 heteroatoms. The fourth-order valence-electron chi connectivity index (χ4n) is 0.907. The molecule has 0 aromatic carbocycles. The second-order valence-corrected chi connectivity index (χ2v) is 3.31. The van der Waals surface area contributed by atoms with Gasteiger partial charge >= 0.3 is 0 Å². The van der Waals surface area contributed by atoms with Crippen molar-refractivity contribution in [3.05, 3.63) is 29.3 Å². The lowest BCUT2D eigenvalue weighted by molar-refractivity contribution is 0.581. The van der Waals surface area contributed by atoms with Crippen molar-refractivity contribution in [1.82, 2.24) is 4.37 Å². The van der Waals surface area contributed by atoms with Crippen LogP contribution in [0.5, 0.6) is 0 Å². The average molecular weight is 165 g/mol. The molecule has 2 aromatic rings. The van der Waals surface area contributed by atoms with Crippen LogP contribution in [-0.2, 0) is 0 Å². The maximum absolute atomic E-state index is 5.18. The highest BCUT2D eigenvalue weighted by molar-refractivity contribution is 7.05. The molecular weight excluding hydrogens is 158 g/mol. The molecule has 0 amide bonds. The van der Waals surface area contributed by atoms with Crippen molar-refractivity contribution in [1.29, 1.82) is 0 Å². The molecule has 0 atom stereocenters. The van der Waals surface area contributed by atoms with E-state index in [2.05, 4.69) is 4.37 Å². The van der Waals surface area contributed by atoms with Gasteiger partial charge in [0.25, 0.3) is 0 Å². The fourth-order valence-corrected chi connectivity index (χ4v) is 1.46. The van der Waals surface area contributed by atoms with E-state index in [0.29, 0.717) is 0 Å². The molecule has 2 heterocycles. The number of furan rings is 1. The predicted octanol–water partition coefficient (Wildman–Crippen LogP) is 2.71. The van der Waals surface area contributed by atoms with Gasteiger partial charge in [-0.2, -0.15) is 4.37 Å². The van der Waals surface area contributed by atoms with Crippen LogP contribution in [0.15, 0.2) is 28.9 Å². The largest absolute Gasteiger partial charge is 0.463 e. The Balaban J connectivity index is 2.45. The minimum atomic E-state index is 0.842. The standard InChI is InChI=1S/C8H7NOS/c1-6-5-7(9-11-6)8-3-2-4-10-8/h2-5H,1H3. The number of aromatic nitrogens is 1. The van der Waals surface area contributed by atoms with E-state index < -0.39 is 0 Å². The van der Waals surface area contributed by atoms with Crippen LogP contribution in [0.4, 0.5) is 0 Å². The van der Waals surface area contributed by atoms with Crippen molar-refractivity contribution in [2.24, 2.45) is 0 Å². The van der Waals surface area contributed by atoms with Gasteiger partial charge in [-0.15, -0.1) is 0 Å². The number of nitrogens with zero attached hydrogens (tertiary/aromatic N) is 1. The Morgan fingerprint density at radius 3 is 3.00 bits per heavy atom. The summed E-state index contributed by atoms with van der Waals surface area (Å²) in [5, 5.41) is 0. The third kappa shape index (κ3) is 1.19. The Morgan fingerprint density at radius 2 is 2.45 bits per heavy atom. The van der Waals surface area contributed by atoms with Gasteiger partial charge in [0.15, 0.2) is 5.76 Å².